The van der Waals surface area contributed by atoms with Gasteiger partial charge in [-0.2, -0.15) is 0 Å². The number of ether oxygens (including phenoxy) is 1. The van der Waals surface area contributed by atoms with E-state index in [0.29, 0.717) is 5.75 Å². The third kappa shape index (κ3) is 4.81. The molecule has 112 valence electrons. The molecule has 0 amide bonds. The third-order valence-corrected chi connectivity index (χ3v) is 2.91. The highest BCUT2D eigenvalue weighted by Gasteiger charge is 2.35. The van der Waals surface area contributed by atoms with Gasteiger partial charge in [-0.15, -0.1) is 0 Å². The lowest BCUT2D eigenvalue weighted by Crippen LogP contribution is -2.54. The fraction of sp³-hybridized carbons (Fsp3) is 0.533. The summed E-state index contributed by atoms with van der Waals surface area (Å²) in [6.45, 7) is 7.17. The SMILES string of the molecule is CC(C)NC(C)(CC(C)Oc1cccc(F)c1)C(=O)O. The van der Waals surface area contributed by atoms with Gasteiger partial charge >= 0.3 is 5.97 Å². The Bertz CT molecular complexity index is 464. The van der Waals surface area contributed by atoms with E-state index in [1.807, 2.05) is 13.8 Å². The average molecular weight is 283 g/mol. The number of benzene rings is 1. The van der Waals surface area contributed by atoms with Gasteiger partial charge in [0.05, 0.1) is 6.10 Å². The van der Waals surface area contributed by atoms with Crippen LogP contribution in [0, 0.1) is 5.82 Å². The number of nitrogens with one attached hydrogen (secondary N) is 1. The molecule has 1 aromatic carbocycles. The number of aliphatic carboxylic acids is 1. The van der Waals surface area contributed by atoms with E-state index in [-0.39, 0.29) is 24.4 Å². The summed E-state index contributed by atoms with van der Waals surface area (Å²) in [5.74, 6) is -0.910. The van der Waals surface area contributed by atoms with Crippen LogP contribution in [0.1, 0.15) is 34.1 Å². The molecule has 2 unspecified atom stereocenters. The van der Waals surface area contributed by atoms with Gasteiger partial charge in [0.2, 0.25) is 0 Å². The summed E-state index contributed by atoms with van der Waals surface area (Å²) in [5, 5.41) is 12.4. The van der Waals surface area contributed by atoms with Crippen molar-refractivity contribution in [2.75, 3.05) is 0 Å². The normalized spacial score (nSPS) is 15.7. The lowest BCUT2D eigenvalue weighted by molar-refractivity contribution is -0.145. The minimum absolute atomic E-state index is 0.0393. The van der Waals surface area contributed by atoms with Crippen molar-refractivity contribution in [3.63, 3.8) is 0 Å². The summed E-state index contributed by atoms with van der Waals surface area (Å²) in [6.07, 6.45) is -0.0824. The standard InChI is InChI=1S/C15H22FNO3/c1-10(2)17-15(4,14(18)19)9-11(3)20-13-7-5-6-12(16)8-13/h5-8,10-11,17H,9H2,1-4H3,(H,18,19). The second-order valence-electron chi connectivity index (χ2n) is 5.53. The molecular formula is C15H22FNO3. The maximum atomic E-state index is 13.1. The van der Waals surface area contributed by atoms with Crippen molar-refractivity contribution in [2.24, 2.45) is 0 Å². The molecule has 0 fully saturated rings. The minimum Gasteiger partial charge on any atom is -0.491 e. The monoisotopic (exact) mass is 283 g/mol. The van der Waals surface area contributed by atoms with Crippen LogP contribution in [0.25, 0.3) is 0 Å². The first-order valence-electron chi connectivity index (χ1n) is 6.66. The quantitative estimate of drug-likeness (QED) is 0.808. The molecule has 4 nitrogen and oxygen atoms in total. The Hall–Kier alpha value is -1.62. The van der Waals surface area contributed by atoms with Crippen molar-refractivity contribution >= 4 is 5.97 Å². The first-order valence-corrected chi connectivity index (χ1v) is 6.66. The summed E-state index contributed by atoms with van der Waals surface area (Å²) in [4.78, 5) is 11.4. The van der Waals surface area contributed by atoms with Gasteiger partial charge in [-0.05, 0) is 39.8 Å². The van der Waals surface area contributed by atoms with Gasteiger partial charge < -0.3 is 9.84 Å². The van der Waals surface area contributed by atoms with Gasteiger partial charge in [-0.1, -0.05) is 6.07 Å². The summed E-state index contributed by atoms with van der Waals surface area (Å²) < 4.78 is 18.6. The molecule has 0 aromatic heterocycles. The van der Waals surface area contributed by atoms with Gasteiger partial charge in [-0.3, -0.25) is 10.1 Å². The molecule has 2 N–H and O–H groups in total. The molecular weight excluding hydrogens is 261 g/mol. The number of hydrogen-bond acceptors (Lipinski definition) is 3. The van der Waals surface area contributed by atoms with Crippen LogP contribution < -0.4 is 10.1 Å². The van der Waals surface area contributed by atoms with E-state index in [9.17, 15) is 14.3 Å². The Morgan fingerprint density at radius 2 is 2.10 bits per heavy atom. The molecule has 0 spiro atoms. The van der Waals surface area contributed by atoms with Gasteiger partial charge in [-0.25, -0.2) is 4.39 Å². The van der Waals surface area contributed by atoms with Gasteiger partial charge in [0.15, 0.2) is 0 Å². The Morgan fingerprint density at radius 1 is 1.45 bits per heavy atom. The molecule has 0 saturated carbocycles. The highest BCUT2D eigenvalue weighted by atomic mass is 19.1. The number of rotatable bonds is 7. The maximum absolute atomic E-state index is 13.1. The summed E-state index contributed by atoms with van der Waals surface area (Å²) in [6, 6.07) is 5.86. The number of hydrogen-bond donors (Lipinski definition) is 2. The molecule has 0 saturated heterocycles. The van der Waals surface area contributed by atoms with Crippen molar-refractivity contribution in [1.29, 1.82) is 0 Å². The van der Waals surface area contributed by atoms with Crippen molar-refractivity contribution in [3.8, 4) is 5.75 Å². The van der Waals surface area contributed by atoms with Crippen LogP contribution in [0.3, 0.4) is 0 Å². The second kappa shape index (κ2) is 6.70. The average Bonchev–Trinajstić information content (AvgIpc) is 2.26. The van der Waals surface area contributed by atoms with Gasteiger partial charge in [0, 0.05) is 18.5 Å². The van der Waals surface area contributed by atoms with E-state index >= 15 is 0 Å². The first-order chi connectivity index (χ1) is 9.23. The van der Waals surface area contributed by atoms with Crippen molar-refractivity contribution in [3.05, 3.63) is 30.1 Å². The molecule has 5 heteroatoms. The third-order valence-electron chi connectivity index (χ3n) is 2.91. The Kier molecular flexibility index (Phi) is 5.51. The summed E-state index contributed by atoms with van der Waals surface area (Å²) in [5.41, 5.74) is -1.08. The van der Waals surface area contributed by atoms with Crippen molar-refractivity contribution in [1.82, 2.24) is 5.32 Å². The van der Waals surface area contributed by atoms with Crippen LogP contribution in [-0.2, 0) is 4.79 Å². The van der Waals surface area contributed by atoms with Crippen LogP contribution in [-0.4, -0.2) is 28.8 Å². The highest BCUT2D eigenvalue weighted by Crippen LogP contribution is 2.20. The molecule has 0 heterocycles. The topological polar surface area (TPSA) is 58.6 Å². The number of carboxylic acids is 1. The van der Waals surface area contributed by atoms with E-state index < -0.39 is 11.5 Å². The fourth-order valence-corrected chi connectivity index (χ4v) is 2.23. The fourth-order valence-electron chi connectivity index (χ4n) is 2.23. The smallest absolute Gasteiger partial charge is 0.323 e. The first kappa shape index (κ1) is 16.4. The summed E-state index contributed by atoms with van der Waals surface area (Å²) in [7, 11) is 0. The lowest BCUT2D eigenvalue weighted by atomic mass is 9.94. The number of carboxylic acid groups (broad SMARTS) is 1. The lowest BCUT2D eigenvalue weighted by Gasteiger charge is -2.31. The van der Waals surface area contributed by atoms with E-state index in [1.54, 1.807) is 26.0 Å². The predicted molar refractivity (Wildman–Crippen MR) is 75.4 cm³/mol. The molecule has 0 bridgehead atoms. The van der Waals surface area contributed by atoms with E-state index in [2.05, 4.69) is 5.32 Å². The Labute approximate surface area is 119 Å². The molecule has 20 heavy (non-hydrogen) atoms. The van der Waals surface area contributed by atoms with Gasteiger partial charge in [0.25, 0.3) is 0 Å². The van der Waals surface area contributed by atoms with E-state index in [4.69, 9.17) is 4.74 Å². The maximum Gasteiger partial charge on any atom is 0.323 e. The van der Waals surface area contributed by atoms with Crippen LogP contribution in [0.4, 0.5) is 4.39 Å². The van der Waals surface area contributed by atoms with Crippen LogP contribution in [0.2, 0.25) is 0 Å². The molecule has 0 aliphatic heterocycles. The van der Waals surface area contributed by atoms with Crippen LogP contribution in [0.15, 0.2) is 24.3 Å². The molecule has 0 aliphatic rings. The van der Waals surface area contributed by atoms with Crippen molar-refractivity contribution < 1.29 is 19.0 Å². The largest absolute Gasteiger partial charge is 0.491 e. The zero-order valence-corrected chi connectivity index (χ0v) is 12.3. The number of halogens is 1. The molecule has 0 radical (unpaired) electrons. The zero-order valence-electron chi connectivity index (χ0n) is 12.3. The van der Waals surface area contributed by atoms with Crippen LogP contribution >= 0.6 is 0 Å². The minimum atomic E-state index is -1.08. The van der Waals surface area contributed by atoms with Crippen molar-refractivity contribution in [2.45, 2.75) is 51.8 Å². The van der Waals surface area contributed by atoms with E-state index in [1.165, 1.54) is 12.1 Å². The summed E-state index contributed by atoms with van der Waals surface area (Å²) >= 11 is 0. The second-order valence-corrected chi connectivity index (χ2v) is 5.53. The Morgan fingerprint density at radius 3 is 2.60 bits per heavy atom. The molecule has 1 rings (SSSR count). The van der Waals surface area contributed by atoms with Crippen LogP contribution in [0.5, 0.6) is 5.75 Å². The molecule has 0 aliphatic carbocycles. The molecule has 1 aromatic rings. The van der Waals surface area contributed by atoms with Gasteiger partial charge in [0.1, 0.15) is 17.1 Å². The predicted octanol–water partition coefficient (Wildman–Crippen LogP) is 2.82. The molecule has 2 atom stereocenters. The number of carbonyl (C=O) groups is 1. The zero-order chi connectivity index (χ0) is 15.3. The Balaban J connectivity index is 2.71. The highest BCUT2D eigenvalue weighted by molar-refractivity contribution is 5.78. The van der Waals surface area contributed by atoms with E-state index in [0.717, 1.165) is 0 Å².